The van der Waals surface area contributed by atoms with Crippen LogP contribution in [0, 0.1) is 11.8 Å². The fourth-order valence-electron chi connectivity index (χ4n) is 8.90. The number of imidazole rings is 2. The molecule has 7 aromatic rings. The van der Waals surface area contributed by atoms with Gasteiger partial charge in [0.2, 0.25) is 21.8 Å². The quantitative estimate of drug-likeness (QED) is 0.0867. The van der Waals surface area contributed by atoms with Gasteiger partial charge in [-0.25, -0.2) is 27.7 Å². The Bertz CT molecular complexity index is 3060. The second-order valence-corrected chi connectivity index (χ2v) is 19.5. The van der Waals surface area contributed by atoms with E-state index in [1.54, 1.807) is 32.5 Å². The van der Waals surface area contributed by atoms with Gasteiger partial charge in [-0.15, -0.1) is 0 Å². The molecule has 2 aromatic carbocycles. The maximum atomic E-state index is 13.0. The van der Waals surface area contributed by atoms with Crippen LogP contribution in [-0.4, -0.2) is 148 Å². The number of aromatic amines is 4. The number of pyridine rings is 1. The maximum Gasteiger partial charge on any atom is 0.417 e. The second kappa shape index (κ2) is 20.7. The molecule has 10 rings (SSSR count). The number of H-pyrrole nitrogens is 4. The Morgan fingerprint density at radius 3 is 1.86 bits per heavy atom. The van der Waals surface area contributed by atoms with Crippen molar-refractivity contribution in [3.05, 3.63) is 72.2 Å². The van der Waals surface area contributed by atoms with E-state index in [9.17, 15) is 31.2 Å². The molecule has 5 aromatic heterocycles. The first-order valence-corrected chi connectivity index (χ1v) is 24.8. The molecule has 2 amide bonds. The fraction of sp³-hybridized carbons (Fsp3) is 0.413. The number of halogens is 3. The van der Waals surface area contributed by atoms with E-state index in [1.165, 1.54) is 28.4 Å². The van der Waals surface area contributed by atoms with Gasteiger partial charge in [0.1, 0.15) is 17.2 Å². The average Bonchev–Trinajstić information content (AvgIpc) is 4.20. The minimum atomic E-state index is -4.43. The first kappa shape index (κ1) is 48.9. The number of carbonyl (C=O) groups excluding carboxylic acids is 2. The third-order valence-electron chi connectivity index (χ3n) is 12.9. The number of nitrogens with one attached hydrogen (secondary N) is 6. The van der Waals surface area contributed by atoms with Crippen LogP contribution in [0.3, 0.4) is 0 Å². The van der Waals surface area contributed by atoms with Gasteiger partial charge >= 0.3 is 6.18 Å². The van der Waals surface area contributed by atoms with Gasteiger partial charge in [0.25, 0.3) is 0 Å². The molecule has 0 atom stereocenters. The number of alkyl halides is 3. The van der Waals surface area contributed by atoms with Crippen molar-refractivity contribution >= 4 is 61.1 Å². The van der Waals surface area contributed by atoms with Gasteiger partial charge in [-0.3, -0.25) is 24.7 Å². The normalized spacial score (nSPS) is 16.7. The van der Waals surface area contributed by atoms with Crippen molar-refractivity contribution in [2.75, 3.05) is 88.5 Å². The molecule has 25 heteroatoms. The molecule has 3 aliphatic heterocycles. The highest BCUT2D eigenvalue weighted by atomic mass is 32.2. The molecular weight excluding hydrogens is 950 g/mol. The van der Waals surface area contributed by atoms with Crippen LogP contribution < -0.4 is 25.0 Å². The number of amides is 2. The van der Waals surface area contributed by atoms with Crippen LogP contribution in [-0.2, 0) is 37.1 Å². The van der Waals surface area contributed by atoms with E-state index in [-0.39, 0.29) is 23.7 Å². The number of anilines is 3. The van der Waals surface area contributed by atoms with E-state index in [0.717, 1.165) is 61.7 Å². The summed E-state index contributed by atoms with van der Waals surface area (Å²) in [6.07, 6.45) is 2.73. The minimum absolute atomic E-state index is 0.139. The van der Waals surface area contributed by atoms with E-state index in [1.807, 2.05) is 11.0 Å². The van der Waals surface area contributed by atoms with Crippen molar-refractivity contribution in [3.63, 3.8) is 0 Å². The number of ether oxygens (including phenoxy) is 3. The maximum absolute atomic E-state index is 13.0. The van der Waals surface area contributed by atoms with Crippen LogP contribution in [0.4, 0.5) is 30.4 Å². The van der Waals surface area contributed by atoms with E-state index in [0.29, 0.717) is 109 Å². The summed E-state index contributed by atoms with van der Waals surface area (Å²) in [5.41, 5.74) is 5.70. The molecule has 3 fully saturated rings. The summed E-state index contributed by atoms with van der Waals surface area (Å²) in [4.78, 5) is 49.9. The fourth-order valence-corrected chi connectivity index (χ4v) is 9.77. The lowest BCUT2D eigenvalue weighted by molar-refractivity contribution is -0.137. The molecule has 0 unspecified atom stereocenters. The number of sulfonamides is 1. The molecule has 21 nitrogen and oxygen atoms in total. The number of nitrogens with zero attached hydrogens (tertiary/aromatic N) is 8. The molecule has 376 valence electrons. The molecule has 0 radical (unpaired) electrons. The van der Waals surface area contributed by atoms with Gasteiger partial charge in [0, 0.05) is 76.0 Å². The summed E-state index contributed by atoms with van der Waals surface area (Å²) >= 11 is 0. The zero-order chi connectivity index (χ0) is 49.9. The number of carbonyl (C=O) groups is 2. The Labute approximate surface area is 405 Å². The lowest BCUT2D eigenvalue weighted by atomic mass is 9.95. The summed E-state index contributed by atoms with van der Waals surface area (Å²) in [6, 6.07) is 12.1. The monoisotopic (exact) mass is 1000 g/mol. The Morgan fingerprint density at radius 2 is 1.31 bits per heavy atom. The van der Waals surface area contributed by atoms with Crippen LogP contribution in [0.25, 0.3) is 45.1 Å². The molecule has 6 N–H and O–H groups in total. The van der Waals surface area contributed by atoms with Crippen LogP contribution in [0.1, 0.15) is 36.8 Å². The summed E-state index contributed by atoms with van der Waals surface area (Å²) in [6.45, 7) is 5.95. The third-order valence-corrected chi connectivity index (χ3v) is 14.2. The number of fused-ring (bicyclic) bond motifs is 2. The molecule has 8 heterocycles. The first-order chi connectivity index (χ1) is 34.1. The number of benzene rings is 2. The Morgan fingerprint density at radius 1 is 0.746 bits per heavy atom. The number of aromatic nitrogens is 9. The largest absolute Gasteiger partial charge is 0.493 e. The van der Waals surface area contributed by atoms with Crippen LogP contribution in [0.2, 0.25) is 0 Å². The summed E-state index contributed by atoms with van der Waals surface area (Å²) < 4.78 is 79.3. The SMILES string of the molecule is COc1cc2nc(-c3[nH]ncc3NC(=O)C3CCN(c4ccc(C(F)(F)F)cn4)CC3)[nH]c2cc1OC.CS(=O)(=O)N1CCC(C(=O)Nc2cn[nH]c2-c2nc3ccc(CN4CCOCC4)cc3[nH]2)CC1. The van der Waals surface area contributed by atoms with Gasteiger partial charge < -0.3 is 39.7 Å². The van der Waals surface area contributed by atoms with E-state index in [2.05, 4.69) is 73.0 Å². The number of hydrogen-bond acceptors (Lipinski definition) is 14. The van der Waals surface area contributed by atoms with Gasteiger partial charge in [-0.1, -0.05) is 6.07 Å². The van der Waals surface area contributed by atoms with Crippen LogP contribution in [0.15, 0.2) is 61.1 Å². The smallest absolute Gasteiger partial charge is 0.417 e. The van der Waals surface area contributed by atoms with Crippen molar-refractivity contribution in [2.24, 2.45) is 11.8 Å². The number of morpholine rings is 1. The Kier molecular flexibility index (Phi) is 14.3. The first-order valence-electron chi connectivity index (χ1n) is 23.0. The third kappa shape index (κ3) is 11.3. The summed E-state index contributed by atoms with van der Waals surface area (Å²) in [7, 11) is -0.131. The minimum Gasteiger partial charge on any atom is -0.493 e. The van der Waals surface area contributed by atoms with Crippen LogP contribution >= 0.6 is 0 Å². The predicted molar refractivity (Wildman–Crippen MR) is 257 cm³/mol. The number of methoxy groups -OCH3 is 2. The average molecular weight is 1000 g/mol. The zero-order valence-corrected chi connectivity index (χ0v) is 39.9. The van der Waals surface area contributed by atoms with Crippen molar-refractivity contribution < 1.29 is 45.4 Å². The van der Waals surface area contributed by atoms with Gasteiger partial charge in [0.15, 0.2) is 23.1 Å². The molecule has 71 heavy (non-hydrogen) atoms. The van der Waals surface area contributed by atoms with Gasteiger partial charge in [0.05, 0.1) is 85.1 Å². The lowest BCUT2D eigenvalue weighted by Gasteiger charge is -2.32. The number of hydrogen-bond donors (Lipinski definition) is 6. The second-order valence-electron chi connectivity index (χ2n) is 17.5. The van der Waals surface area contributed by atoms with E-state index in [4.69, 9.17) is 14.2 Å². The van der Waals surface area contributed by atoms with Gasteiger partial charge in [-0.05, 0) is 55.5 Å². The molecule has 3 saturated heterocycles. The van der Waals surface area contributed by atoms with Crippen LogP contribution in [0.5, 0.6) is 11.5 Å². The van der Waals surface area contributed by atoms with Gasteiger partial charge in [-0.2, -0.15) is 23.4 Å². The highest BCUT2D eigenvalue weighted by molar-refractivity contribution is 7.88. The topological polar surface area (TPSA) is 257 Å². The Balaban J connectivity index is 0.000000176. The molecule has 0 spiro atoms. The van der Waals surface area contributed by atoms with Crippen molar-refractivity contribution in [1.82, 2.24) is 54.5 Å². The zero-order valence-electron chi connectivity index (χ0n) is 39.1. The predicted octanol–water partition coefficient (Wildman–Crippen LogP) is 5.63. The number of rotatable bonds is 12. The highest BCUT2D eigenvalue weighted by Gasteiger charge is 2.33. The summed E-state index contributed by atoms with van der Waals surface area (Å²) in [5.74, 6) is 1.82. The van der Waals surface area contributed by atoms with Crippen molar-refractivity contribution in [2.45, 2.75) is 38.4 Å². The van der Waals surface area contributed by atoms with Crippen molar-refractivity contribution in [3.8, 4) is 34.5 Å². The Hall–Kier alpha value is -7.09. The molecular formula is C46H53F3N14O7S. The molecule has 0 bridgehead atoms. The lowest BCUT2D eigenvalue weighted by Crippen LogP contribution is -2.40. The van der Waals surface area contributed by atoms with E-state index < -0.39 is 21.8 Å². The molecule has 3 aliphatic rings. The summed E-state index contributed by atoms with van der Waals surface area (Å²) in [5, 5.41) is 19.8. The van der Waals surface area contributed by atoms with E-state index >= 15 is 0 Å². The standard InChI is InChI=1S/C24H24F3N7O3.C22H29N7O4S/c1-36-18-9-15-16(10-19(18)37-2)31-22(30-15)21-17(12-29-33-21)32-23(35)13-5-7-34(8-6-13)20-4-3-14(11-28-20)24(25,26)27;1-34(31,32)29-6-4-16(5-7-29)22(30)26-19-13-23-27-20(19)21-24-17-3-2-15(12-18(17)25-21)14-28-8-10-33-11-9-28/h3-4,9-13H,5-8H2,1-2H3,(H,29,33)(H,30,31)(H,32,35);2-3,12-13,16H,4-11,14H2,1H3,(H,23,27)(H,24,25)(H,26,30). The number of piperidine rings is 2. The molecule has 0 saturated carbocycles. The highest BCUT2D eigenvalue weighted by Crippen LogP contribution is 2.35. The van der Waals surface area contributed by atoms with Crippen molar-refractivity contribution in [1.29, 1.82) is 0 Å². The molecule has 0 aliphatic carbocycles.